The van der Waals surface area contributed by atoms with E-state index < -0.39 is 8.80 Å². The second-order valence-electron chi connectivity index (χ2n) is 8.56. The summed E-state index contributed by atoms with van der Waals surface area (Å²) < 4.78 is 17.7. The monoisotopic (exact) mass is 522 g/mol. The molecule has 0 heterocycles. The number of hydrogen-bond donors (Lipinski definition) is 0. The van der Waals surface area contributed by atoms with E-state index in [-0.39, 0.29) is 0 Å². The average molecular weight is 523 g/mol. The van der Waals surface area contributed by atoms with Crippen molar-refractivity contribution in [2.24, 2.45) is 0 Å². The van der Waals surface area contributed by atoms with Gasteiger partial charge in [-0.25, -0.2) is 0 Å². The van der Waals surface area contributed by atoms with Gasteiger partial charge in [0.1, 0.15) is 0 Å². The highest BCUT2D eigenvalue weighted by atomic mass is 32.2. The number of unbranched alkanes of at least 4 members (excludes halogenated alkanes) is 10. The molecule has 0 aliphatic rings. The van der Waals surface area contributed by atoms with Gasteiger partial charge in [-0.05, 0) is 51.5 Å². The summed E-state index contributed by atoms with van der Waals surface area (Å²) in [7, 11) is -2.48. The summed E-state index contributed by atoms with van der Waals surface area (Å²) in [4.78, 5) is 12.1. The molecule has 0 atom stereocenters. The summed E-state index contributed by atoms with van der Waals surface area (Å²) in [6.07, 6.45) is 17.6. The molecule has 0 saturated heterocycles. The smallest absolute Gasteiger partial charge is 0.374 e. The molecule has 0 aromatic heterocycles. The fourth-order valence-electron chi connectivity index (χ4n) is 3.85. The summed E-state index contributed by atoms with van der Waals surface area (Å²) in [6.45, 7) is 10.2. The lowest BCUT2D eigenvalue weighted by molar-refractivity contribution is -0.111. The first kappa shape index (κ1) is 33.5. The van der Waals surface area contributed by atoms with Crippen LogP contribution in [-0.4, -0.2) is 51.0 Å². The fraction of sp³-hybridized carbons (Fsp3) is 0.962. The van der Waals surface area contributed by atoms with Crippen molar-refractivity contribution in [3.63, 3.8) is 0 Å². The van der Waals surface area contributed by atoms with Gasteiger partial charge in [0.15, 0.2) is 5.12 Å². The minimum atomic E-state index is -2.48. The Morgan fingerprint density at radius 1 is 0.606 bits per heavy atom. The van der Waals surface area contributed by atoms with Crippen molar-refractivity contribution in [1.29, 1.82) is 0 Å². The average Bonchev–Trinajstić information content (AvgIpc) is 2.79. The summed E-state index contributed by atoms with van der Waals surface area (Å²) in [6, 6.07) is 0.891. The lowest BCUT2D eigenvalue weighted by atomic mass is 10.1. The molecular weight excluding hydrogens is 469 g/mol. The maximum Gasteiger partial charge on any atom is 0.500 e. The molecule has 0 unspecified atom stereocenters. The van der Waals surface area contributed by atoms with Crippen LogP contribution < -0.4 is 0 Å². The topological polar surface area (TPSA) is 44.8 Å². The Morgan fingerprint density at radius 2 is 1.09 bits per heavy atom. The van der Waals surface area contributed by atoms with Gasteiger partial charge in [0.2, 0.25) is 0 Å². The van der Waals surface area contributed by atoms with Crippen LogP contribution in [0.25, 0.3) is 0 Å². The van der Waals surface area contributed by atoms with E-state index in [4.69, 9.17) is 13.3 Å². The zero-order valence-corrected chi connectivity index (χ0v) is 24.9. The van der Waals surface area contributed by atoms with E-state index in [0.717, 1.165) is 49.0 Å². The van der Waals surface area contributed by atoms with Crippen molar-refractivity contribution >= 4 is 37.4 Å². The van der Waals surface area contributed by atoms with E-state index in [0.29, 0.717) is 24.9 Å². The summed E-state index contributed by atoms with van der Waals surface area (Å²) in [5.74, 6) is 3.17. The number of thioether (sulfide) groups is 2. The number of carbonyl (C=O) groups excluding carboxylic acids is 1. The quantitative estimate of drug-likeness (QED) is 0.0838. The van der Waals surface area contributed by atoms with Gasteiger partial charge in [-0.15, -0.1) is 0 Å². The van der Waals surface area contributed by atoms with Crippen molar-refractivity contribution in [1.82, 2.24) is 0 Å². The molecule has 0 saturated carbocycles. The molecule has 0 aliphatic carbocycles. The Morgan fingerprint density at radius 3 is 1.61 bits per heavy atom. The molecule has 0 aliphatic heterocycles. The first-order valence-electron chi connectivity index (χ1n) is 13.8. The third-order valence-electron chi connectivity index (χ3n) is 5.54. The van der Waals surface area contributed by atoms with Crippen LogP contribution in [0.15, 0.2) is 0 Å². The van der Waals surface area contributed by atoms with Gasteiger partial charge in [0, 0.05) is 38.0 Å². The van der Waals surface area contributed by atoms with E-state index in [1.54, 1.807) is 11.8 Å². The Kier molecular flexibility index (Phi) is 25.9. The molecule has 0 aromatic carbocycles. The minimum absolute atomic E-state index is 0.386. The first-order chi connectivity index (χ1) is 16.1. The number of carbonyl (C=O) groups is 1. The number of hydrogen-bond acceptors (Lipinski definition) is 6. The van der Waals surface area contributed by atoms with E-state index in [1.165, 1.54) is 64.2 Å². The molecule has 33 heavy (non-hydrogen) atoms. The lowest BCUT2D eigenvalue weighted by Gasteiger charge is -2.28. The zero-order chi connectivity index (χ0) is 24.5. The highest BCUT2D eigenvalue weighted by Gasteiger charge is 2.39. The second kappa shape index (κ2) is 25.6. The molecule has 0 amide bonds. The molecular formula is C26H54O4S2Si. The molecule has 0 N–H and O–H groups in total. The molecule has 0 fully saturated rings. The summed E-state index contributed by atoms with van der Waals surface area (Å²) in [5.41, 5.74) is 0. The van der Waals surface area contributed by atoms with Crippen molar-refractivity contribution in [3.8, 4) is 0 Å². The van der Waals surface area contributed by atoms with Gasteiger partial charge in [0.05, 0.1) is 0 Å². The molecule has 0 radical (unpaired) electrons. The molecule has 7 heteroatoms. The summed E-state index contributed by atoms with van der Waals surface area (Å²) in [5, 5.41) is 0.386. The predicted octanol–water partition coefficient (Wildman–Crippen LogP) is 8.51. The van der Waals surface area contributed by atoms with Crippen LogP contribution in [0.2, 0.25) is 6.04 Å². The van der Waals surface area contributed by atoms with E-state index in [9.17, 15) is 4.79 Å². The van der Waals surface area contributed by atoms with Gasteiger partial charge >= 0.3 is 8.80 Å². The molecule has 0 spiro atoms. The Hall–Kier alpha value is 0.467. The van der Waals surface area contributed by atoms with Crippen LogP contribution >= 0.6 is 23.5 Å². The second-order valence-corrected chi connectivity index (χ2v) is 13.7. The lowest BCUT2D eigenvalue weighted by Crippen LogP contribution is -2.46. The third kappa shape index (κ3) is 21.5. The van der Waals surface area contributed by atoms with Gasteiger partial charge < -0.3 is 13.3 Å². The first-order valence-corrected chi connectivity index (χ1v) is 17.9. The van der Waals surface area contributed by atoms with Gasteiger partial charge in [-0.2, -0.15) is 11.8 Å². The molecule has 198 valence electrons. The number of rotatable bonds is 26. The minimum Gasteiger partial charge on any atom is -0.374 e. The molecule has 4 nitrogen and oxygen atoms in total. The fourth-order valence-corrected chi connectivity index (χ4v) is 8.60. The van der Waals surface area contributed by atoms with Crippen molar-refractivity contribution in [2.75, 3.05) is 37.1 Å². The van der Waals surface area contributed by atoms with E-state index in [1.807, 2.05) is 32.5 Å². The Labute approximate surface area is 215 Å². The highest BCUT2D eigenvalue weighted by Crippen LogP contribution is 2.21. The third-order valence-corrected chi connectivity index (χ3v) is 10.9. The van der Waals surface area contributed by atoms with Crippen molar-refractivity contribution < 1.29 is 18.1 Å². The largest absolute Gasteiger partial charge is 0.500 e. The zero-order valence-electron chi connectivity index (χ0n) is 22.3. The molecule has 0 rings (SSSR count). The molecule has 0 aromatic rings. The normalized spacial score (nSPS) is 11.9. The standard InChI is InChI=1S/C26H54O4S2Si/c1-5-9-10-11-12-13-14-15-16-17-18-21-26(27)32-24-19-22-31-23-20-25-33(28-6-2,29-7-3)30-8-4/h5-25H2,1-4H3. The van der Waals surface area contributed by atoms with Crippen LogP contribution in [0.3, 0.4) is 0 Å². The van der Waals surface area contributed by atoms with Crippen LogP contribution in [-0.2, 0) is 18.1 Å². The molecule has 0 bridgehead atoms. The van der Waals surface area contributed by atoms with Crippen molar-refractivity contribution in [3.05, 3.63) is 0 Å². The van der Waals surface area contributed by atoms with Crippen LogP contribution in [0.1, 0.15) is 118 Å². The van der Waals surface area contributed by atoms with Gasteiger partial charge in [0.25, 0.3) is 0 Å². The summed E-state index contributed by atoms with van der Waals surface area (Å²) >= 11 is 3.51. The highest BCUT2D eigenvalue weighted by molar-refractivity contribution is 8.13. The van der Waals surface area contributed by atoms with E-state index >= 15 is 0 Å². The van der Waals surface area contributed by atoms with Gasteiger partial charge in [-0.3, -0.25) is 4.79 Å². The SMILES string of the molecule is CCCCCCCCCCCCCC(=O)SCCCSCCC[Si](OCC)(OCC)OCC. The van der Waals surface area contributed by atoms with Crippen molar-refractivity contribution in [2.45, 2.75) is 124 Å². The Balaban J connectivity index is 3.53. The van der Waals surface area contributed by atoms with E-state index in [2.05, 4.69) is 6.92 Å². The predicted molar refractivity (Wildman–Crippen MR) is 151 cm³/mol. The van der Waals surface area contributed by atoms with Crippen LogP contribution in [0.5, 0.6) is 0 Å². The van der Waals surface area contributed by atoms with Crippen LogP contribution in [0.4, 0.5) is 0 Å². The Bertz CT molecular complexity index is 410. The maximum absolute atomic E-state index is 12.1. The van der Waals surface area contributed by atoms with Gasteiger partial charge in [-0.1, -0.05) is 82.9 Å². The maximum atomic E-state index is 12.1. The van der Waals surface area contributed by atoms with Crippen LogP contribution in [0, 0.1) is 0 Å².